The second kappa shape index (κ2) is 9.61. The average molecular weight is 468 g/mol. The molecule has 1 saturated carbocycles. The van der Waals surface area contributed by atoms with Gasteiger partial charge in [0.1, 0.15) is 0 Å². The molecule has 0 atom stereocenters. The second-order valence-electron chi connectivity index (χ2n) is 6.00. The molecule has 7 heteroatoms. The summed E-state index contributed by atoms with van der Waals surface area (Å²) in [5.74, 6) is 2.45. The third-order valence-corrected chi connectivity index (χ3v) is 4.04. The fourth-order valence-corrected chi connectivity index (χ4v) is 2.42. The van der Waals surface area contributed by atoms with Crippen molar-refractivity contribution < 1.29 is 9.47 Å². The van der Waals surface area contributed by atoms with Gasteiger partial charge in [-0.05, 0) is 37.5 Å². The minimum atomic E-state index is 0. The Kier molecular flexibility index (Phi) is 7.50. The van der Waals surface area contributed by atoms with E-state index >= 15 is 0 Å². The number of nitrogens with two attached hydrogens (primary N) is 1. The van der Waals surface area contributed by atoms with Crippen LogP contribution in [0.4, 0.5) is 0 Å². The molecule has 3 rings (SSSR count). The van der Waals surface area contributed by atoms with Crippen molar-refractivity contribution in [2.45, 2.75) is 32.4 Å². The Hall–Kier alpha value is -2.03. The van der Waals surface area contributed by atoms with Crippen LogP contribution in [-0.2, 0) is 6.54 Å². The zero-order valence-corrected chi connectivity index (χ0v) is 17.4. The molecule has 0 aliphatic heterocycles. The number of rotatable bonds is 7. The predicted octanol–water partition coefficient (Wildman–Crippen LogP) is 3.80. The Balaban J connectivity index is 0.00000243. The maximum absolute atomic E-state index is 6.00. The molecule has 0 bridgehead atoms. The van der Waals surface area contributed by atoms with E-state index in [1.165, 1.54) is 12.8 Å². The Labute approximate surface area is 171 Å². The lowest BCUT2D eigenvalue weighted by Gasteiger charge is -2.16. The van der Waals surface area contributed by atoms with Gasteiger partial charge in [0.2, 0.25) is 5.88 Å². The van der Waals surface area contributed by atoms with Crippen LogP contribution in [0.3, 0.4) is 0 Å². The molecule has 1 aliphatic carbocycles. The summed E-state index contributed by atoms with van der Waals surface area (Å²) in [6, 6.07) is 11.9. The molecule has 1 aromatic heterocycles. The first-order valence-electron chi connectivity index (χ1n) is 8.54. The van der Waals surface area contributed by atoms with Crippen LogP contribution in [0.15, 0.2) is 47.6 Å². The normalized spacial score (nSPS) is 13.7. The summed E-state index contributed by atoms with van der Waals surface area (Å²) < 4.78 is 11.4. The van der Waals surface area contributed by atoms with E-state index in [9.17, 15) is 0 Å². The average Bonchev–Trinajstić information content (AvgIpc) is 3.47. The number of guanidine groups is 1. The Morgan fingerprint density at radius 2 is 1.96 bits per heavy atom. The topological polar surface area (TPSA) is 73.0 Å². The van der Waals surface area contributed by atoms with Crippen molar-refractivity contribution in [1.29, 1.82) is 0 Å². The number of para-hydroxylation sites is 2. The fraction of sp³-hybridized carbons (Fsp3) is 0.368. The van der Waals surface area contributed by atoms with Crippen molar-refractivity contribution >= 4 is 29.9 Å². The summed E-state index contributed by atoms with van der Waals surface area (Å²) in [5.41, 5.74) is 6.98. The van der Waals surface area contributed by atoms with Crippen LogP contribution in [0.1, 0.15) is 25.3 Å². The van der Waals surface area contributed by atoms with Gasteiger partial charge in [-0.3, -0.25) is 0 Å². The highest BCUT2D eigenvalue weighted by Crippen LogP contribution is 2.30. The molecule has 26 heavy (non-hydrogen) atoms. The number of benzene rings is 1. The van der Waals surface area contributed by atoms with Crippen LogP contribution in [-0.4, -0.2) is 35.5 Å². The molecule has 140 valence electrons. The fourth-order valence-electron chi connectivity index (χ4n) is 2.42. The number of halogens is 1. The number of ether oxygens (including phenoxy) is 2. The molecular weight excluding hydrogens is 443 g/mol. The first-order chi connectivity index (χ1) is 12.2. The summed E-state index contributed by atoms with van der Waals surface area (Å²) in [7, 11) is 1.99. The lowest BCUT2D eigenvalue weighted by molar-refractivity contribution is 0.319. The number of aliphatic imine (C=N–C) groups is 1. The van der Waals surface area contributed by atoms with Crippen LogP contribution in [0.2, 0.25) is 0 Å². The molecule has 0 unspecified atom stereocenters. The van der Waals surface area contributed by atoms with Gasteiger partial charge in [-0.15, -0.1) is 24.0 Å². The maximum atomic E-state index is 6.00. The van der Waals surface area contributed by atoms with Gasteiger partial charge >= 0.3 is 0 Å². The smallest absolute Gasteiger partial charge is 0.219 e. The molecule has 0 spiro atoms. The number of nitrogens with zero attached hydrogens (tertiary/aromatic N) is 3. The third-order valence-electron chi connectivity index (χ3n) is 4.04. The summed E-state index contributed by atoms with van der Waals surface area (Å²) in [4.78, 5) is 10.8. The van der Waals surface area contributed by atoms with Gasteiger partial charge < -0.3 is 20.1 Å². The van der Waals surface area contributed by atoms with E-state index in [4.69, 9.17) is 15.2 Å². The quantitative estimate of drug-likeness (QED) is 0.380. The Bertz CT molecular complexity index is 733. The van der Waals surface area contributed by atoms with Gasteiger partial charge in [0.05, 0.1) is 13.2 Å². The van der Waals surface area contributed by atoms with E-state index < -0.39 is 0 Å². The van der Waals surface area contributed by atoms with Crippen LogP contribution < -0.4 is 15.2 Å². The zero-order valence-electron chi connectivity index (χ0n) is 15.1. The van der Waals surface area contributed by atoms with E-state index in [1.807, 2.05) is 55.3 Å². The number of aromatic nitrogens is 1. The van der Waals surface area contributed by atoms with E-state index in [2.05, 4.69) is 9.98 Å². The lowest BCUT2D eigenvalue weighted by Crippen LogP contribution is -2.35. The van der Waals surface area contributed by atoms with Gasteiger partial charge in [-0.2, -0.15) is 0 Å². The van der Waals surface area contributed by atoms with Gasteiger partial charge in [0.25, 0.3) is 0 Å². The summed E-state index contributed by atoms with van der Waals surface area (Å²) in [6.45, 7) is 3.03. The van der Waals surface area contributed by atoms with Crippen LogP contribution in [0, 0.1) is 0 Å². The largest absolute Gasteiger partial charge is 0.490 e. The molecule has 0 radical (unpaired) electrons. The minimum Gasteiger partial charge on any atom is -0.490 e. The SMILES string of the molecule is CCOc1ccccc1Oc1ccc(CN=C(N)N(C)C2CC2)cn1.I. The minimum absolute atomic E-state index is 0. The Morgan fingerprint density at radius 3 is 2.58 bits per heavy atom. The molecule has 0 saturated heterocycles. The van der Waals surface area contributed by atoms with E-state index in [1.54, 1.807) is 6.20 Å². The van der Waals surface area contributed by atoms with E-state index in [0.29, 0.717) is 42.5 Å². The summed E-state index contributed by atoms with van der Waals surface area (Å²) >= 11 is 0. The summed E-state index contributed by atoms with van der Waals surface area (Å²) in [6.07, 6.45) is 4.15. The van der Waals surface area contributed by atoms with Crippen LogP contribution in [0.25, 0.3) is 0 Å². The number of hydrogen-bond acceptors (Lipinski definition) is 4. The van der Waals surface area contributed by atoms with Gasteiger partial charge in [0.15, 0.2) is 17.5 Å². The van der Waals surface area contributed by atoms with Crippen molar-refractivity contribution in [2.24, 2.45) is 10.7 Å². The standard InChI is InChI=1S/C19H24N4O2.HI/c1-3-24-16-6-4-5-7-17(16)25-18-11-8-14(12-21-18)13-22-19(20)23(2)15-9-10-15;/h4-8,11-12,15H,3,9-10,13H2,1-2H3,(H2,20,22);1H. The first-order valence-corrected chi connectivity index (χ1v) is 8.54. The molecule has 2 aromatic rings. The van der Waals surface area contributed by atoms with Crippen LogP contribution in [0.5, 0.6) is 17.4 Å². The van der Waals surface area contributed by atoms with Gasteiger partial charge in [0, 0.05) is 25.4 Å². The van der Waals surface area contributed by atoms with Crippen LogP contribution >= 0.6 is 24.0 Å². The zero-order chi connectivity index (χ0) is 17.6. The van der Waals surface area contributed by atoms with Crippen molar-refractivity contribution in [2.75, 3.05) is 13.7 Å². The van der Waals surface area contributed by atoms with Crippen molar-refractivity contribution in [3.8, 4) is 17.4 Å². The Morgan fingerprint density at radius 1 is 1.23 bits per heavy atom. The maximum Gasteiger partial charge on any atom is 0.219 e. The van der Waals surface area contributed by atoms with Crippen molar-refractivity contribution in [3.63, 3.8) is 0 Å². The highest BCUT2D eigenvalue weighted by molar-refractivity contribution is 14.0. The highest BCUT2D eigenvalue weighted by Gasteiger charge is 2.27. The number of hydrogen-bond donors (Lipinski definition) is 1. The van der Waals surface area contributed by atoms with E-state index in [-0.39, 0.29) is 24.0 Å². The van der Waals surface area contributed by atoms with Crippen molar-refractivity contribution in [1.82, 2.24) is 9.88 Å². The molecule has 1 aromatic carbocycles. The van der Waals surface area contributed by atoms with Gasteiger partial charge in [-0.1, -0.05) is 18.2 Å². The number of pyridine rings is 1. The third kappa shape index (κ3) is 5.48. The monoisotopic (exact) mass is 468 g/mol. The summed E-state index contributed by atoms with van der Waals surface area (Å²) in [5, 5.41) is 0. The highest BCUT2D eigenvalue weighted by atomic mass is 127. The molecular formula is C19H25IN4O2. The molecule has 1 fully saturated rings. The molecule has 1 aliphatic rings. The molecule has 1 heterocycles. The molecule has 6 nitrogen and oxygen atoms in total. The van der Waals surface area contributed by atoms with E-state index in [0.717, 1.165) is 5.56 Å². The van der Waals surface area contributed by atoms with Gasteiger partial charge in [-0.25, -0.2) is 9.98 Å². The molecule has 0 amide bonds. The first kappa shape index (κ1) is 20.3. The second-order valence-corrected chi connectivity index (χ2v) is 6.00. The molecule has 2 N–H and O–H groups in total. The lowest BCUT2D eigenvalue weighted by atomic mass is 10.3. The van der Waals surface area contributed by atoms with Crippen molar-refractivity contribution in [3.05, 3.63) is 48.2 Å². The predicted molar refractivity (Wildman–Crippen MR) is 113 cm³/mol.